The molecule has 1 unspecified atom stereocenters. The minimum atomic E-state index is -1.20. The van der Waals surface area contributed by atoms with Gasteiger partial charge in [-0.15, -0.1) is 0 Å². The quantitative estimate of drug-likeness (QED) is 0.148. The van der Waals surface area contributed by atoms with Crippen molar-refractivity contribution in [3.63, 3.8) is 0 Å². The summed E-state index contributed by atoms with van der Waals surface area (Å²) in [6.45, 7) is 9.18. The summed E-state index contributed by atoms with van der Waals surface area (Å²) in [7, 11) is 0. The van der Waals surface area contributed by atoms with Crippen molar-refractivity contribution in [3.8, 4) is 33.6 Å². The molecule has 6 rings (SSSR count). The second-order valence-electron chi connectivity index (χ2n) is 13.7. The number of rotatable bonds is 10. The van der Waals surface area contributed by atoms with Crippen LogP contribution in [-0.4, -0.2) is 71.9 Å². The van der Waals surface area contributed by atoms with Crippen molar-refractivity contribution >= 4 is 17.9 Å². The fourth-order valence-corrected chi connectivity index (χ4v) is 6.95. The highest BCUT2D eigenvalue weighted by atomic mass is 16.4. The summed E-state index contributed by atoms with van der Waals surface area (Å²) in [5.41, 5.74) is 5.98. The molecule has 2 aromatic carbocycles. The highest BCUT2D eigenvalue weighted by Crippen LogP contribution is 2.35. The molecular weight excluding hydrogens is 606 g/mol. The third-order valence-corrected chi connectivity index (χ3v) is 9.45. The molecule has 2 aromatic heterocycles. The number of carbonyl (C=O) groups is 3. The summed E-state index contributed by atoms with van der Waals surface area (Å²) in [6, 6.07) is 15.6. The number of nitrogens with one attached hydrogen (secondary N) is 3. The Morgan fingerprint density at radius 3 is 1.69 bits per heavy atom. The molecular formula is C37H45N7O4. The van der Waals surface area contributed by atoms with Gasteiger partial charge in [0.1, 0.15) is 17.7 Å². The molecule has 4 aromatic rings. The number of imidazole rings is 2. The average Bonchev–Trinajstić information content (AvgIpc) is 3.89. The van der Waals surface area contributed by atoms with Crippen LogP contribution in [0.4, 0.5) is 4.79 Å². The number of likely N-dealkylation sites (tertiary alicyclic amines) is 2. The number of carboxylic acid groups (broad SMARTS) is 1. The molecule has 11 nitrogen and oxygen atoms in total. The molecule has 0 spiro atoms. The van der Waals surface area contributed by atoms with Crippen molar-refractivity contribution < 1.29 is 19.5 Å². The van der Waals surface area contributed by atoms with Crippen LogP contribution in [0.1, 0.15) is 83.5 Å². The minimum Gasteiger partial charge on any atom is -0.465 e. The van der Waals surface area contributed by atoms with Crippen LogP contribution in [0, 0.1) is 11.8 Å². The second kappa shape index (κ2) is 14.0. The van der Waals surface area contributed by atoms with Crippen molar-refractivity contribution in [2.24, 2.45) is 11.8 Å². The number of carbonyl (C=O) groups excluding carboxylic acids is 2. The molecule has 0 aliphatic carbocycles. The van der Waals surface area contributed by atoms with Crippen LogP contribution < -0.4 is 5.32 Å². The van der Waals surface area contributed by atoms with E-state index in [0.29, 0.717) is 24.7 Å². The minimum absolute atomic E-state index is 0.00619. The molecule has 2 fully saturated rings. The lowest BCUT2D eigenvalue weighted by Crippen LogP contribution is -2.50. The second-order valence-corrected chi connectivity index (χ2v) is 13.7. The molecule has 11 heteroatoms. The predicted octanol–water partition coefficient (Wildman–Crippen LogP) is 6.80. The normalized spacial score (nSPS) is 18.5. The molecule has 0 saturated carbocycles. The number of aromatic nitrogens is 4. The molecule has 0 radical (unpaired) electrons. The van der Waals surface area contributed by atoms with E-state index in [2.05, 4.69) is 87.6 Å². The standard InChI is InChI=1S/C37H45N7O4/c1-22(2)19-32(45)43-17-5-7-30(43)34-38-20-28(40-34)26-13-9-24(10-14-26)25-11-15-27(16-12-25)29-21-39-35(41-29)31-8-6-18-44(31)36(46)33(23(3)4)42-37(47)48/h9-16,20-23,30-31,33,42H,5-8,17-19H2,1-4H3,(H,38,40)(H,39,41)(H,47,48)/t30?,31-,33-/m0/s1. The molecule has 3 amide bonds. The first-order chi connectivity index (χ1) is 23.1. The molecule has 4 heterocycles. The van der Waals surface area contributed by atoms with Gasteiger partial charge in [-0.2, -0.15) is 0 Å². The first-order valence-corrected chi connectivity index (χ1v) is 17.0. The Kier molecular flexibility index (Phi) is 9.66. The van der Waals surface area contributed by atoms with Crippen molar-refractivity contribution in [2.45, 2.75) is 77.9 Å². The first-order valence-electron chi connectivity index (χ1n) is 17.0. The maximum atomic E-state index is 13.3. The molecule has 4 N–H and O–H groups in total. The number of amides is 3. The number of hydrogen-bond donors (Lipinski definition) is 4. The number of H-pyrrole nitrogens is 2. The Bertz CT molecular complexity index is 1740. The van der Waals surface area contributed by atoms with Crippen LogP contribution in [0.3, 0.4) is 0 Å². The van der Waals surface area contributed by atoms with Crippen LogP contribution in [0.2, 0.25) is 0 Å². The maximum Gasteiger partial charge on any atom is 0.405 e. The molecule has 3 atom stereocenters. The summed E-state index contributed by atoms with van der Waals surface area (Å²) in [5, 5.41) is 11.6. The number of nitrogens with zero attached hydrogens (tertiary/aromatic N) is 4. The SMILES string of the molecule is CC(C)CC(=O)N1CCCC1c1ncc(-c2ccc(-c3ccc(-c4cnc([C@@H]5CCCN5C(=O)[C@@H](NC(=O)O)C(C)C)[nH]4)cc3)cc2)[nH]1. The van der Waals surface area contributed by atoms with Crippen LogP contribution in [0.25, 0.3) is 33.6 Å². The molecule has 2 saturated heterocycles. The summed E-state index contributed by atoms with van der Waals surface area (Å²) in [5.74, 6) is 1.70. The number of benzene rings is 2. The Morgan fingerprint density at radius 1 is 0.771 bits per heavy atom. The Hall–Kier alpha value is -4.93. The first kappa shape index (κ1) is 33.0. The molecule has 0 bridgehead atoms. The van der Waals surface area contributed by atoms with Gasteiger partial charge in [0.2, 0.25) is 11.8 Å². The summed E-state index contributed by atoms with van der Waals surface area (Å²) < 4.78 is 0. The van der Waals surface area contributed by atoms with E-state index in [4.69, 9.17) is 0 Å². The Morgan fingerprint density at radius 2 is 1.23 bits per heavy atom. The largest absolute Gasteiger partial charge is 0.465 e. The van der Waals surface area contributed by atoms with Crippen LogP contribution >= 0.6 is 0 Å². The van der Waals surface area contributed by atoms with Crippen molar-refractivity contribution in [1.29, 1.82) is 0 Å². The zero-order chi connectivity index (χ0) is 33.9. The Labute approximate surface area is 281 Å². The lowest BCUT2D eigenvalue weighted by atomic mass is 10.0. The molecule has 252 valence electrons. The van der Waals surface area contributed by atoms with Gasteiger partial charge in [0.05, 0.1) is 35.9 Å². The lowest BCUT2D eigenvalue weighted by Gasteiger charge is -2.29. The third-order valence-electron chi connectivity index (χ3n) is 9.45. The number of aromatic amines is 2. The van der Waals surface area contributed by atoms with Gasteiger partial charge in [-0.25, -0.2) is 14.8 Å². The van der Waals surface area contributed by atoms with Gasteiger partial charge < -0.3 is 30.2 Å². The maximum absolute atomic E-state index is 13.3. The van der Waals surface area contributed by atoms with E-state index >= 15 is 0 Å². The zero-order valence-electron chi connectivity index (χ0n) is 28.1. The molecule has 2 aliphatic heterocycles. The fourth-order valence-electron chi connectivity index (χ4n) is 6.95. The predicted molar refractivity (Wildman–Crippen MR) is 184 cm³/mol. The topological polar surface area (TPSA) is 147 Å². The van der Waals surface area contributed by atoms with Gasteiger partial charge in [-0.05, 0) is 59.8 Å². The van der Waals surface area contributed by atoms with E-state index in [1.165, 1.54) is 0 Å². The van der Waals surface area contributed by atoms with Gasteiger partial charge >= 0.3 is 6.09 Å². The fraction of sp³-hybridized carbons (Fsp3) is 0.432. The van der Waals surface area contributed by atoms with Gasteiger partial charge in [0.15, 0.2) is 0 Å². The van der Waals surface area contributed by atoms with E-state index in [-0.39, 0.29) is 29.8 Å². The monoisotopic (exact) mass is 651 g/mol. The average molecular weight is 652 g/mol. The van der Waals surface area contributed by atoms with Crippen molar-refractivity contribution in [3.05, 3.63) is 72.6 Å². The van der Waals surface area contributed by atoms with Gasteiger partial charge in [0.25, 0.3) is 0 Å². The van der Waals surface area contributed by atoms with E-state index in [1.807, 2.05) is 24.9 Å². The van der Waals surface area contributed by atoms with Gasteiger partial charge in [-0.1, -0.05) is 76.2 Å². The summed E-state index contributed by atoms with van der Waals surface area (Å²) in [6.07, 6.45) is 6.52. The zero-order valence-corrected chi connectivity index (χ0v) is 28.1. The Balaban J connectivity index is 1.11. The smallest absolute Gasteiger partial charge is 0.405 e. The lowest BCUT2D eigenvalue weighted by molar-refractivity contribution is -0.135. The van der Waals surface area contributed by atoms with Gasteiger partial charge in [-0.3, -0.25) is 9.59 Å². The van der Waals surface area contributed by atoms with Gasteiger partial charge in [0, 0.05) is 19.5 Å². The van der Waals surface area contributed by atoms with E-state index in [1.54, 1.807) is 11.1 Å². The number of hydrogen-bond acceptors (Lipinski definition) is 5. The van der Waals surface area contributed by atoms with Crippen LogP contribution in [0.15, 0.2) is 60.9 Å². The molecule has 2 aliphatic rings. The van der Waals surface area contributed by atoms with E-state index < -0.39 is 12.1 Å². The van der Waals surface area contributed by atoms with Crippen LogP contribution in [0.5, 0.6) is 0 Å². The summed E-state index contributed by atoms with van der Waals surface area (Å²) in [4.78, 5) is 57.3. The molecule has 48 heavy (non-hydrogen) atoms. The van der Waals surface area contributed by atoms with Crippen LogP contribution in [-0.2, 0) is 9.59 Å². The van der Waals surface area contributed by atoms with Crippen molar-refractivity contribution in [2.75, 3.05) is 13.1 Å². The summed E-state index contributed by atoms with van der Waals surface area (Å²) >= 11 is 0. The highest BCUT2D eigenvalue weighted by molar-refractivity contribution is 5.86. The third kappa shape index (κ3) is 7.00. The van der Waals surface area contributed by atoms with E-state index in [9.17, 15) is 19.5 Å². The van der Waals surface area contributed by atoms with E-state index in [0.717, 1.165) is 71.7 Å². The highest BCUT2D eigenvalue weighted by Gasteiger charge is 2.37. The van der Waals surface area contributed by atoms with Crippen molar-refractivity contribution in [1.82, 2.24) is 35.1 Å².